The van der Waals surface area contributed by atoms with Gasteiger partial charge in [0.25, 0.3) is 0 Å². The second kappa shape index (κ2) is 9.59. The van der Waals surface area contributed by atoms with Gasteiger partial charge in [0.2, 0.25) is 15.9 Å². The van der Waals surface area contributed by atoms with E-state index >= 15 is 0 Å². The first kappa shape index (κ1) is 23.4. The van der Waals surface area contributed by atoms with Crippen molar-refractivity contribution in [3.63, 3.8) is 0 Å². The molecule has 4 rings (SSSR count). The number of anilines is 1. The molecule has 0 atom stereocenters. The molecule has 0 N–H and O–H groups in total. The molecule has 2 aromatic carbocycles. The number of carbonyl (C=O) groups is 1. The number of nitrogens with zero attached hydrogens (tertiary/aromatic N) is 4. The predicted octanol–water partition coefficient (Wildman–Crippen LogP) is 3.29. The van der Waals surface area contributed by atoms with Crippen molar-refractivity contribution in [2.45, 2.75) is 31.7 Å². The Morgan fingerprint density at radius 1 is 1.03 bits per heavy atom. The quantitative estimate of drug-likeness (QED) is 0.557. The van der Waals surface area contributed by atoms with E-state index in [4.69, 9.17) is 0 Å². The van der Waals surface area contributed by atoms with E-state index in [9.17, 15) is 13.2 Å². The maximum absolute atomic E-state index is 13.4. The maximum atomic E-state index is 13.4. The summed E-state index contributed by atoms with van der Waals surface area (Å²) in [7, 11) is -3.68. The van der Waals surface area contributed by atoms with Gasteiger partial charge in [-0.2, -0.15) is 4.31 Å². The molecule has 1 aromatic heterocycles. The van der Waals surface area contributed by atoms with E-state index in [-0.39, 0.29) is 23.4 Å². The van der Waals surface area contributed by atoms with Crippen molar-refractivity contribution in [2.24, 2.45) is 0 Å². The van der Waals surface area contributed by atoms with Crippen LogP contribution in [-0.4, -0.2) is 67.3 Å². The number of para-hydroxylation sites is 2. The molecule has 8 heteroatoms. The van der Waals surface area contributed by atoms with Crippen LogP contribution in [0.25, 0.3) is 10.9 Å². The van der Waals surface area contributed by atoms with Crippen LogP contribution >= 0.6 is 0 Å². The highest BCUT2D eigenvalue weighted by molar-refractivity contribution is 7.89. The highest BCUT2D eigenvalue weighted by atomic mass is 32.2. The molecule has 0 saturated carbocycles. The third-order valence-electron chi connectivity index (χ3n) is 5.94. The first-order chi connectivity index (χ1) is 15.8. The molecule has 33 heavy (non-hydrogen) atoms. The molecule has 1 aliphatic rings. The summed E-state index contributed by atoms with van der Waals surface area (Å²) in [6.07, 6.45) is 1.69. The minimum atomic E-state index is -3.68. The molecule has 3 aromatic rings. The number of sulfonamides is 1. The van der Waals surface area contributed by atoms with Gasteiger partial charge in [-0.15, -0.1) is 0 Å². The van der Waals surface area contributed by atoms with Gasteiger partial charge in [0, 0.05) is 49.5 Å². The number of carbonyl (C=O) groups excluding carboxylic acids is 1. The normalized spacial score (nSPS) is 15.8. The van der Waals surface area contributed by atoms with E-state index in [0.29, 0.717) is 31.7 Å². The number of hydrogen-bond donors (Lipinski definition) is 0. The van der Waals surface area contributed by atoms with Crippen LogP contribution in [0.15, 0.2) is 65.7 Å². The molecule has 0 spiro atoms. The zero-order chi connectivity index (χ0) is 23.6. The summed E-state index contributed by atoms with van der Waals surface area (Å²) in [6.45, 7) is 7.87. The smallest absolute Gasteiger partial charge is 0.245 e. The third kappa shape index (κ3) is 4.93. The van der Waals surface area contributed by atoms with Crippen LogP contribution in [0.3, 0.4) is 0 Å². The minimum absolute atomic E-state index is 0.0149. The number of aromatic nitrogens is 1. The van der Waals surface area contributed by atoms with Crippen molar-refractivity contribution in [2.75, 3.05) is 37.6 Å². The van der Waals surface area contributed by atoms with Crippen molar-refractivity contribution in [1.29, 1.82) is 0 Å². The molecule has 0 bridgehead atoms. The van der Waals surface area contributed by atoms with E-state index in [1.807, 2.05) is 68.1 Å². The number of hydrogen-bond acceptors (Lipinski definition) is 5. The van der Waals surface area contributed by atoms with Crippen LogP contribution in [0.2, 0.25) is 0 Å². The Morgan fingerprint density at radius 3 is 2.39 bits per heavy atom. The Hall–Kier alpha value is -2.81. The molecule has 1 saturated heterocycles. The minimum Gasteiger partial charge on any atom is -0.309 e. The van der Waals surface area contributed by atoms with Gasteiger partial charge in [-0.25, -0.2) is 8.42 Å². The zero-order valence-electron chi connectivity index (χ0n) is 19.3. The molecule has 0 unspecified atom stereocenters. The number of aryl methyl sites for hydroxylation is 1. The van der Waals surface area contributed by atoms with Crippen molar-refractivity contribution in [3.8, 4) is 0 Å². The Labute approximate surface area is 195 Å². The van der Waals surface area contributed by atoms with Crippen LogP contribution in [0.5, 0.6) is 0 Å². The fourth-order valence-electron chi connectivity index (χ4n) is 4.30. The van der Waals surface area contributed by atoms with Crippen LogP contribution in [0, 0.1) is 6.92 Å². The monoisotopic (exact) mass is 466 g/mol. The lowest BCUT2D eigenvalue weighted by Gasteiger charge is -2.35. The average Bonchev–Trinajstić information content (AvgIpc) is 2.79. The van der Waals surface area contributed by atoms with Crippen LogP contribution < -0.4 is 4.90 Å². The Balaban J connectivity index is 1.45. The molecule has 1 amide bonds. The number of benzene rings is 2. The summed E-state index contributed by atoms with van der Waals surface area (Å²) in [5.41, 5.74) is 2.36. The standard InChI is InChI=1S/C25H30N4O3S/c1-19(2)29(22-9-5-4-6-10-22)24(30)18-27-12-14-28(15-13-27)33(31,32)23-11-7-8-21-16-20(3)17-26-25(21)23/h4-11,16-17,19H,12-15,18H2,1-3H3. The first-order valence-electron chi connectivity index (χ1n) is 11.2. The van der Waals surface area contributed by atoms with Crippen LogP contribution in [0.1, 0.15) is 19.4 Å². The van der Waals surface area contributed by atoms with Gasteiger partial charge in [-0.1, -0.05) is 30.3 Å². The molecule has 1 aliphatic heterocycles. The second-order valence-electron chi connectivity index (χ2n) is 8.71. The summed E-state index contributed by atoms with van der Waals surface area (Å²) < 4.78 is 28.3. The fourth-order valence-corrected chi connectivity index (χ4v) is 5.89. The van der Waals surface area contributed by atoms with E-state index in [1.54, 1.807) is 23.2 Å². The fraction of sp³-hybridized carbons (Fsp3) is 0.360. The third-order valence-corrected chi connectivity index (χ3v) is 7.87. The van der Waals surface area contributed by atoms with Gasteiger partial charge in [-0.3, -0.25) is 14.7 Å². The highest BCUT2D eigenvalue weighted by Crippen LogP contribution is 2.26. The molecular formula is C25H30N4O3S. The molecule has 174 valence electrons. The van der Waals surface area contributed by atoms with Gasteiger partial charge in [0.15, 0.2) is 0 Å². The highest BCUT2D eigenvalue weighted by Gasteiger charge is 2.31. The zero-order valence-corrected chi connectivity index (χ0v) is 20.1. The Kier molecular flexibility index (Phi) is 6.78. The Morgan fingerprint density at radius 2 is 1.73 bits per heavy atom. The van der Waals surface area contributed by atoms with E-state index in [0.717, 1.165) is 16.6 Å². The molecule has 1 fully saturated rings. The summed E-state index contributed by atoms with van der Waals surface area (Å²) in [6, 6.07) is 16.9. The summed E-state index contributed by atoms with van der Waals surface area (Å²) in [5.74, 6) is 0.0149. The van der Waals surface area contributed by atoms with E-state index in [2.05, 4.69) is 4.98 Å². The molecular weight excluding hydrogens is 436 g/mol. The van der Waals surface area contributed by atoms with Gasteiger partial charge in [0.1, 0.15) is 4.90 Å². The number of piperazine rings is 1. The van der Waals surface area contributed by atoms with E-state index < -0.39 is 10.0 Å². The van der Waals surface area contributed by atoms with Gasteiger partial charge in [-0.05, 0) is 50.6 Å². The predicted molar refractivity (Wildman–Crippen MR) is 131 cm³/mol. The SMILES string of the molecule is Cc1cnc2c(S(=O)(=O)N3CCN(CC(=O)N(c4ccccc4)C(C)C)CC3)cccc2c1. The average molecular weight is 467 g/mol. The molecule has 2 heterocycles. The largest absolute Gasteiger partial charge is 0.309 e. The maximum Gasteiger partial charge on any atom is 0.245 e. The lowest BCUT2D eigenvalue weighted by Crippen LogP contribution is -2.52. The van der Waals surface area contributed by atoms with Crippen molar-refractivity contribution in [3.05, 3.63) is 66.4 Å². The lowest BCUT2D eigenvalue weighted by molar-refractivity contribution is -0.120. The van der Waals surface area contributed by atoms with E-state index in [1.165, 1.54) is 4.31 Å². The number of amides is 1. The second-order valence-corrected chi connectivity index (χ2v) is 10.6. The topological polar surface area (TPSA) is 73.8 Å². The number of pyridine rings is 1. The summed E-state index contributed by atoms with van der Waals surface area (Å²) in [5, 5.41) is 0.815. The summed E-state index contributed by atoms with van der Waals surface area (Å²) >= 11 is 0. The van der Waals surface area contributed by atoms with Crippen LogP contribution in [0.4, 0.5) is 5.69 Å². The first-order valence-corrected chi connectivity index (χ1v) is 12.7. The van der Waals surface area contributed by atoms with Crippen LogP contribution in [-0.2, 0) is 14.8 Å². The Bertz CT molecular complexity index is 1240. The summed E-state index contributed by atoms with van der Waals surface area (Å²) in [4.78, 5) is 21.5. The van der Waals surface area contributed by atoms with Gasteiger partial charge >= 0.3 is 0 Å². The molecule has 0 aliphatic carbocycles. The lowest BCUT2D eigenvalue weighted by atomic mass is 10.2. The number of fused-ring (bicyclic) bond motifs is 1. The van der Waals surface area contributed by atoms with Gasteiger partial charge in [0.05, 0.1) is 12.1 Å². The number of rotatable bonds is 6. The molecule has 7 nitrogen and oxygen atoms in total. The van der Waals surface area contributed by atoms with Crippen molar-refractivity contribution >= 4 is 32.5 Å². The van der Waals surface area contributed by atoms with Crippen molar-refractivity contribution < 1.29 is 13.2 Å². The molecule has 0 radical (unpaired) electrons. The van der Waals surface area contributed by atoms with Gasteiger partial charge < -0.3 is 4.90 Å². The van der Waals surface area contributed by atoms with Crippen molar-refractivity contribution in [1.82, 2.24) is 14.2 Å².